The second-order valence-corrected chi connectivity index (χ2v) is 11.6. The third-order valence-corrected chi connectivity index (χ3v) is 8.01. The van der Waals surface area contributed by atoms with Crippen molar-refractivity contribution < 1.29 is 9.53 Å². The van der Waals surface area contributed by atoms with Gasteiger partial charge in [-0.15, -0.1) is 0 Å². The van der Waals surface area contributed by atoms with Gasteiger partial charge in [-0.2, -0.15) is 9.39 Å². The number of ether oxygens (including phenoxy) is 1. The van der Waals surface area contributed by atoms with Gasteiger partial charge >= 0.3 is 0 Å². The first-order valence-electron chi connectivity index (χ1n) is 12.3. The van der Waals surface area contributed by atoms with E-state index in [0.717, 1.165) is 29.0 Å². The molecule has 0 spiro atoms. The lowest BCUT2D eigenvalue weighted by molar-refractivity contribution is -0.114. The van der Waals surface area contributed by atoms with Crippen LogP contribution in [0.25, 0.3) is 6.08 Å². The third-order valence-electron chi connectivity index (χ3n) is 6.18. The van der Waals surface area contributed by atoms with Crippen molar-refractivity contribution in [2.24, 2.45) is 9.39 Å². The van der Waals surface area contributed by atoms with Crippen LogP contribution in [0.3, 0.4) is 0 Å². The molecule has 7 nitrogen and oxygen atoms in total. The first-order chi connectivity index (χ1) is 18.3. The van der Waals surface area contributed by atoms with Crippen LogP contribution in [0.5, 0.6) is 5.75 Å². The molecule has 2 aromatic carbocycles. The van der Waals surface area contributed by atoms with Crippen molar-refractivity contribution in [2.45, 2.75) is 38.5 Å². The molecule has 0 fully saturated rings. The minimum absolute atomic E-state index is 0.0900. The summed E-state index contributed by atoms with van der Waals surface area (Å²) in [6, 6.07) is 22.1. The molecular weight excluding hydrogens is 514 g/mol. The molecular formula is C29H29N5O2S2. The van der Waals surface area contributed by atoms with E-state index in [1.807, 2.05) is 53.2 Å². The van der Waals surface area contributed by atoms with Crippen molar-refractivity contribution in [3.63, 3.8) is 0 Å². The SMILES string of the molecule is CC(C)(C)c1ccc(OCCn2cccc2C=C2C(=N)N3C(SCc4ccccc4)=NSC3=NC2=O)cc1. The van der Waals surface area contributed by atoms with Crippen molar-refractivity contribution in [3.05, 3.63) is 95.3 Å². The van der Waals surface area contributed by atoms with E-state index in [4.69, 9.17) is 10.1 Å². The number of benzene rings is 2. The van der Waals surface area contributed by atoms with E-state index < -0.39 is 5.91 Å². The number of aromatic nitrogens is 1. The minimum Gasteiger partial charge on any atom is -0.492 e. The van der Waals surface area contributed by atoms with E-state index in [1.165, 1.54) is 17.3 Å². The fraction of sp³-hybridized carbons (Fsp3) is 0.241. The van der Waals surface area contributed by atoms with Crippen LogP contribution in [-0.4, -0.2) is 38.2 Å². The fourth-order valence-corrected chi connectivity index (χ4v) is 5.84. The van der Waals surface area contributed by atoms with E-state index in [0.29, 0.717) is 29.2 Å². The molecule has 3 aromatic rings. The maximum Gasteiger partial charge on any atom is 0.283 e. The number of thioether (sulfide) groups is 1. The van der Waals surface area contributed by atoms with Crippen LogP contribution in [0.1, 0.15) is 37.6 Å². The largest absolute Gasteiger partial charge is 0.492 e. The second-order valence-electron chi connectivity index (χ2n) is 9.93. The quantitative estimate of drug-likeness (QED) is 0.276. The molecule has 0 saturated carbocycles. The number of aliphatic imine (C=N–C) groups is 1. The zero-order valence-electron chi connectivity index (χ0n) is 21.5. The van der Waals surface area contributed by atoms with Crippen molar-refractivity contribution >= 4 is 51.9 Å². The lowest BCUT2D eigenvalue weighted by Crippen LogP contribution is -2.41. The predicted molar refractivity (Wildman–Crippen MR) is 158 cm³/mol. The van der Waals surface area contributed by atoms with Crippen LogP contribution in [0, 0.1) is 5.41 Å². The Hall–Kier alpha value is -3.56. The number of nitrogens with one attached hydrogen (secondary N) is 1. The minimum atomic E-state index is -0.429. The summed E-state index contributed by atoms with van der Waals surface area (Å²) in [7, 11) is 0. The van der Waals surface area contributed by atoms with Crippen LogP contribution in [0.15, 0.2) is 87.9 Å². The topological polar surface area (TPSA) is 83.0 Å². The first-order valence-corrected chi connectivity index (χ1v) is 14.1. The lowest BCUT2D eigenvalue weighted by atomic mass is 9.87. The van der Waals surface area contributed by atoms with E-state index in [2.05, 4.69) is 54.4 Å². The van der Waals surface area contributed by atoms with Gasteiger partial charge in [0, 0.05) is 17.6 Å². The van der Waals surface area contributed by atoms with Gasteiger partial charge in [0.2, 0.25) is 5.17 Å². The number of rotatable bonds is 7. The molecule has 0 bridgehead atoms. The Balaban J connectivity index is 1.25. The maximum atomic E-state index is 12.8. The molecule has 0 radical (unpaired) electrons. The van der Waals surface area contributed by atoms with E-state index in [-0.39, 0.29) is 16.8 Å². The Morgan fingerprint density at radius 1 is 1.05 bits per heavy atom. The number of amides is 1. The molecule has 9 heteroatoms. The monoisotopic (exact) mass is 543 g/mol. The standard InChI is InChI=1S/C29H29N5O2S2/c1-29(2,3)21-11-13-23(14-12-21)36-17-16-33-15-7-10-22(33)18-24-25(30)34-27(31-26(24)35)38-32-28(34)37-19-20-8-5-4-6-9-20/h4-15,18,30H,16-17,19H2,1-3H3. The molecule has 1 N–H and O–H groups in total. The fourth-order valence-electron chi connectivity index (χ4n) is 4.04. The van der Waals surface area contributed by atoms with Crippen molar-refractivity contribution in [2.75, 3.05) is 6.61 Å². The smallest absolute Gasteiger partial charge is 0.283 e. The maximum absolute atomic E-state index is 12.8. The van der Waals surface area contributed by atoms with Crippen LogP contribution in [0.4, 0.5) is 0 Å². The average Bonchev–Trinajstić information content (AvgIpc) is 3.52. The van der Waals surface area contributed by atoms with E-state index >= 15 is 0 Å². The predicted octanol–water partition coefficient (Wildman–Crippen LogP) is 6.37. The van der Waals surface area contributed by atoms with Crippen LogP contribution < -0.4 is 4.74 Å². The number of carbonyl (C=O) groups excluding carboxylic acids is 1. The molecule has 2 aliphatic rings. The highest BCUT2D eigenvalue weighted by Gasteiger charge is 2.37. The highest BCUT2D eigenvalue weighted by atomic mass is 32.2. The van der Waals surface area contributed by atoms with E-state index in [9.17, 15) is 4.79 Å². The summed E-state index contributed by atoms with van der Waals surface area (Å²) < 4.78 is 12.4. The van der Waals surface area contributed by atoms with Crippen molar-refractivity contribution in [1.29, 1.82) is 5.41 Å². The number of hydrogen-bond acceptors (Lipinski definition) is 6. The zero-order chi connectivity index (χ0) is 26.7. The van der Waals surface area contributed by atoms with Crippen molar-refractivity contribution in [1.82, 2.24) is 9.47 Å². The molecule has 38 heavy (non-hydrogen) atoms. The summed E-state index contributed by atoms with van der Waals surface area (Å²) >= 11 is 2.66. The van der Waals surface area contributed by atoms with Crippen molar-refractivity contribution in [3.8, 4) is 5.75 Å². The first kappa shape index (κ1) is 26.1. The second kappa shape index (κ2) is 11.0. The zero-order valence-corrected chi connectivity index (χ0v) is 23.2. The highest BCUT2D eigenvalue weighted by molar-refractivity contribution is 8.18. The lowest BCUT2D eigenvalue weighted by Gasteiger charge is -2.24. The van der Waals surface area contributed by atoms with Crippen LogP contribution >= 0.6 is 23.7 Å². The molecule has 0 saturated heterocycles. The molecule has 3 heterocycles. The van der Waals surface area contributed by atoms with Gasteiger partial charge in [0.1, 0.15) is 18.2 Å². The van der Waals surface area contributed by atoms with Gasteiger partial charge in [0.25, 0.3) is 5.91 Å². The molecule has 0 aliphatic carbocycles. The summed E-state index contributed by atoms with van der Waals surface area (Å²) in [4.78, 5) is 18.7. The normalized spacial score (nSPS) is 16.5. The Kier molecular flexibility index (Phi) is 7.58. The van der Waals surface area contributed by atoms with Crippen LogP contribution in [-0.2, 0) is 22.5 Å². The third kappa shape index (κ3) is 5.79. The Labute approximate surface area is 231 Å². The highest BCUT2D eigenvalue weighted by Crippen LogP contribution is 2.33. The summed E-state index contributed by atoms with van der Waals surface area (Å²) in [5.74, 6) is 1.20. The molecule has 0 atom stereocenters. The molecule has 1 aromatic heterocycles. The number of fused-ring (bicyclic) bond motifs is 1. The number of nitrogens with zero attached hydrogens (tertiary/aromatic N) is 4. The van der Waals surface area contributed by atoms with Gasteiger partial charge in [-0.25, -0.2) is 4.90 Å². The number of carbonyl (C=O) groups is 1. The summed E-state index contributed by atoms with van der Waals surface area (Å²) in [6.45, 7) is 7.64. The molecule has 2 aliphatic heterocycles. The number of amidine groups is 3. The summed E-state index contributed by atoms with van der Waals surface area (Å²) in [5.41, 5.74) is 3.57. The molecule has 194 valence electrons. The van der Waals surface area contributed by atoms with E-state index in [1.54, 1.807) is 11.0 Å². The molecule has 5 rings (SSSR count). The average molecular weight is 544 g/mol. The Morgan fingerprint density at radius 3 is 2.55 bits per heavy atom. The van der Waals surface area contributed by atoms with Crippen LogP contribution in [0.2, 0.25) is 0 Å². The summed E-state index contributed by atoms with van der Waals surface area (Å²) in [6.07, 6.45) is 3.67. The molecule has 0 unspecified atom stereocenters. The van der Waals surface area contributed by atoms with Gasteiger partial charge in [-0.3, -0.25) is 10.2 Å². The molecule has 1 amide bonds. The van der Waals surface area contributed by atoms with Gasteiger partial charge in [0.15, 0.2) is 5.17 Å². The summed E-state index contributed by atoms with van der Waals surface area (Å²) in [5, 5.41) is 9.90. The van der Waals surface area contributed by atoms with Gasteiger partial charge in [-0.1, -0.05) is 75.0 Å². The van der Waals surface area contributed by atoms with Gasteiger partial charge < -0.3 is 9.30 Å². The Morgan fingerprint density at radius 2 is 1.82 bits per heavy atom. The van der Waals surface area contributed by atoms with Gasteiger partial charge in [0.05, 0.1) is 24.1 Å². The Bertz CT molecular complexity index is 1430. The number of hydrogen-bond donors (Lipinski definition) is 1. The van der Waals surface area contributed by atoms with Gasteiger partial charge in [-0.05, 0) is 46.9 Å².